The zero-order chi connectivity index (χ0) is 25.9. The number of halogens is 2. The third kappa shape index (κ3) is 5.33. The minimum atomic E-state index is -0.456. The third-order valence-electron chi connectivity index (χ3n) is 5.95. The van der Waals surface area contributed by atoms with Gasteiger partial charge in [-0.3, -0.25) is 14.5 Å². The fourth-order valence-corrected chi connectivity index (χ4v) is 5.08. The van der Waals surface area contributed by atoms with E-state index in [0.717, 1.165) is 28.1 Å². The van der Waals surface area contributed by atoms with Crippen LogP contribution < -0.4 is 9.47 Å². The predicted molar refractivity (Wildman–Crippen MR) is 144 cm³/mol. The molecule has 0 atom stereocenters. The fraction of sp³-hybridized carbons (Fsp3) is 0.103. The molecule has 4 aromatic carbocycles. The normalized spacial score (nSPS) is 14.6. The SMILES string of the molecule is COc1cc(/C=C2\SC(=O)N(Cc3ccc4ccccc4c3)C2=O)ccc1OCc1c(F)cccc1Cl. The van der Waals surface area contributed by atoms with Crippen molar-refractivity contribution in [3.8, 4) is 11.5 Å². The van der Waals surface area contributed by atoms with Crippen LogP contribution in [0.4, 0.5) is 9.18 Å². The lowest BCUT2D eigenvalue weighted by molar-refractivity contribution is -0.123. The molecule has 8 heteroatoms. The van der Waals surface area contributed by atoms with Crippen molar-refractivity contribution in [3.05, 3.63) is 111 Å². The van der Waals surface area contributed by atoms with E-state index in [-0.39, 0.29) is 34.9 Å². The Morgan fingerprint density at radius 3 is 2.54 bits per heavy atom. The molecule has 1 fully saturated rings. The number of benzene rings is 4. The number of carbonyl (C=O) groups excluding carboxylic acids is 2. The van der Waals surface area contributed by atoms with E-state index in [2.05, 4.69) is 0 Å². The monoisotopic (exact) mass is 533 g/mol. The summed E-state index contributed by atoms with van der Waals surface area (Å²) in [6.07, 6.45) is 1.64. The number of carbonyl (C=O) groups is 2. The van der Waals surface area contributed by atoms with Gasteiger partial charge in [0.25, 0.3) is 11.1 Å². The van der Waals surface area contributed by atoms with E-state index in [1.807, 2.05) is 42.5 Å². The third-order valence-corrected chi connectivity index (χ3v) is 7.21. The summed E-state index contributed by atoms with van der Waals surface area (Å²) in [5, 5.41) is 2.10. The van der Waals surface area contributed by atoms with Crippen LogP contribution in [0.5, 0.6) is 11.5 Å². The Morgan fingerprint density at radius 1 is 0.946 bits per heavy atom. The van der Waals surface area contributed by atoms with Crippen molar-refractivity contribution < 1.29 is 23.5 Å². The van der Waals surface area contributed by atoms with Gasteiger partial charge >= 0.3 is 0 Å². The van der Waals surface area contributed by atoms with Crippen LogP contribution in [0, 0.1) is 5.82 Å². The number of rotatable bonds is 7. The summed E-state index contributed by atoms with van der Waals surface area (Å²) in [6.45, 7) is 0.121. The van der Waals surface area contributed by atoms with E-state index >= 15 is 0 Å². The van der Waals surface area contributed by atoms with Gasteiger partial charge in [0, 0.05) is 5.56 Å². The minimum absolute atomic E-state index is 0.0745. The number of ether oxygens (including phenoxy) is 2. The molecular weight excluding hydrogens is 513 g/mol. The van der Waals surface area contributed by atoms with E-state index < -0.39 is 5.82 Å². The van der Waals surface area contributed by atoms with E-state index in [9.17, 15) is 14.0 Å². The molecule has 0 saturated carbocycles. The van der Waals surface area contributed by atoms with Gasteiger partial charge in [0.1, 0.15) is 12.4 Å². The molecule has 0 bridgehead atoms. The van der Waals surface area contributed by atoms with Crippen LogP contribution in [-0.4, -0.2) is 23.2 Å². The van der Waals surface area contributed by atoms with Crippen molar-refractivity contribution in [1.82, 2.24) is 4.90 Å². The van der Waals surface area contributed by atoms with E-state index in [1.54, 1.807) is 30.3 Å². The largest absolute Gasteiger partial charge is 0.493 e. The molecule has 4 aromatic rings. The van der Waals surface area contributed by atoms with Crippen LogP contribution in [-0.2, 0) is 17.9 Å². The maximum atomic E-state index is 14.1. The standard InChI is InChI=1S/C29H21ClFNO4S/c1-35-26-14-18(10-12-25(26)36-17-22-23(30)7-4-8-24(22)31)15-27-28(33)32(29(34)37-27)16-19-9-11-20-5-2-3-6-21(20)13-19/h2-15H,16-17H2,1H3/b27-15-. The van der Waals surface area contributed by atoms with Gasteiger partial charge in [-0.1, -0.05) is 60.1 Å². The summed E-state index contributed by atoms with van der Waals surface area (Å²) in [5.74, 6) is -0.0147. The van der Waals surface area contributed by atoms with Crippen LogP contribution in [0.3, 0.4) is 0 Å². The number of methoxy groups -OCH3 is 1. The zero-order valence-electron chi connectivity index (χ0n) is 19.7. The zero-order valence-corrected chi connectivity index (χ0v) is 21.3. The number of hydrogen-bond donors (Lipinski definition) is 0. The van der Waals surface area contributed by atoms with Gasteiger partial charge in [-0.2, -0.15) is 0 Å². The molecule has 1 aliphatic rings. The maximum absolute atomic E-state index is 14.1. The van der Waals surface area contributed by atoms with E-state index in [1.165, 1.54) is 24.1 Å². The molecule has 5 rings (SSSR count). The van der Waals surface area contributed by atoms with Gasteiger partial charge in [0.15, 0.2) is 11.5 Å². The van der Waals surface area contributed by atoms with Gasteiger partial charge in [-0.05, 0) is 70.1 Å². The Hall–Kier alpha value is -3.81. The lowest BCUT2D eigenvalue weighted by Gasteiger charge is -2.13. The van der Waals surface area contributed by atoms with Gasteiger partial charge in [-0.25, -0.2) is 4.39 Å². The van der Waals surface area contributed by atoms with Gasteiger partial charge in [0.2, 0.25) is 0 Å². The molecule has 0 radical (unpaired) electrons. The molecule has 1 aliphatic heterocycles. The predicted octanol–water partition coefficient (Wildman–Crippen LogP) is 7.46. The summed E-state index contributed by atoms with van der Waals surface area (Å²) >= 11 is 6.98. The average molecular weight is 534 g/mol. The first-order valence-corrected chi connectivity index (χ1v) is 12.6. The summed E-state index contributed by atoms with van der Waals surface area (Å²) in [7, 11) is 1.49. The molecule has 0 unspecified atom stereocenters. The number of nitrogens with zero attached hydrogens (tertiary/aromatic N) is 1. The molecule has 0 aromatic heterocycles. The van der Waals surface area contributed by atoms with Crippen LogP contribution in [0.25, 0.3) is 16.8 Å². The molecule has 186 valence electrons. The Kier molecular flexibility index (Phi) is 7.17. The lowest BCUT2D eigenvalue weighted by atomic mass is 10.1. The molecule has 37 heavy (non-hydrogen) atoms. The quantitative estimate of drug-likeness (QED) is 0.231. The second kappa shape index (κ2) is 10.7. The van der Waals surface area contributed by atoms with Crippen molar-refractivity contribution >= 4 is 51.4 Å². The summed E-state index contributed by atoms with van der Waals surface area (Å²) in [4.78, 5) is 27.3. The molecule has 0 aliphatic carbocycles. The lowest BCUT2D eigenvalue weighted by Crippen LogP contribution is -2.27. The first-order chi connectivity index (χ1) is 17.9. The van der Waals surface area contributed by atoms with Gasteiger partial charge < -0.3 is 9.47 Å². The summed E-state index contributed by atoms with van der Waals surface area (Å²) in [5.41, 5.74) is 1.78. The smallest absolute Gasteiger partial charge is 0.293 e. The highest BCUT2D eigenvalue weighted by atomic mass is 35.5. The van der Waals surface area contributed by atoms with E-state index in [0.29, 0.717) is 22.0 Å². The Bertz CT molecular complexity index is 1530. The first-order valence-electron chi connectivity index (χ1n) is 11.4. The van der Waals surface area contributed by atoms with Gasteiger partial charge in [0.05, 0.1) is 23.6 Å². The Labute approximate surface area is 222 Å². The topological polar surface area (TPSA) is 55.8 Å². The number of imide groups is 1. The molecule has 2 amide bonds. The molecule has 0 N–H and O–H groups in total. The summed E-state index contributed by atoms with van der Waals surface area (Å²) in [6, 6.07) is 23.4. The van der Waals surface area contributed by atoms with Crippen LogP contribution >= 0.6 is 23.4 Å². The van der Waals surface area contributed by atoms with Crippen molar-refractivity contribution in [2.75, 3.05) is 7.11 Å². The van der Waals surface area contributed by atoms with Crippen molar-refractivity contribution in [2.45, 2.75) is 13.2 Å². The van der Waals surface area contributed by atoms with Crippen molar-refractivity contribution in [2.24, 2.45) is 0 Å². The number of amides is 2. The van der Waals surface area contributed by atoms with Crippen LogP contribution in [0.1, 0.15) is 16.7 Å². The number of thioether (sulfide) groups is 1. The molecule has 0 spiro atoms. The number of fused-ring (bicyclic) bond motifs is 1. The summed E-state index contributed by atoms with van der Waals surface area (Å²) < 4.78 is 25.2. The second-order valence-corrected chi connectivity index (χ2v) is 9.75. The fourth-order valence-electron chi connectivity index (χ4n) is 4.02. The van der Waals surface area contributed by atoms with E-state index in [4.69, 9.17) is 21.1 Å². The second-order valence-electron chi connectivity index (χ2n) is 8.35. The highest BCUT2D eigenvalue weighted by molar-refractivity contribution is 8.18. The Balaban J connectivity index is 1.32. The maximum Gasteiger partial charge on any atom is 0.293 e. The number of hydrogen-bond acceptors (Lipinski definition) is 5. The Morgan fingerprint density at radius 2 is 1.76 bits per heavy atom. The molecule has 1 heterocycles. The van der Waals surface area contributed by atoms with Crippen molar-refractivity contribution in [1.29, 1.82) is 0 Å². The van der Waals surface area contributed by atoms with Crippen molar-refractivity contribution in [3.63, 3.8) is 0 Å². The first kappa shape index (κ1) is 24.9. The minimum Gasteiger partial charge on any atom is -0.493 e. The molecule has 5 nitrogen and oxygen atoms in total. The highest BCUT2D eigenvalue weighted by Crippen LogP contribution is 2.36. The van der Waals surface area contributed by atoms with Crippen LogP contribution in [0.15, 0.2) is 83.8 Å². The van der Waals surface area contributed by atoms with Crippen LogP contribution in [0.2, 0.25) is 5.02 Å². The highest BCUT2D eigenvalue weighted by Gasteiger charge is 2.35. The average Bonchev–Trinajstić information content (AvgIpc) is 3.16. The molecule has 1 saturated heterocycles. The van der Waals surface area contributed by atoms with Gasteiger partial charge in [-0.15, -0.1) is 0 Å². The molecular formula is C29H21ClFNO4S.